The molecule has 2 rings (SSSR count). The van der Waals surface area contributed by atoms with Crippen molar-refractivity contribution in [2.45, 2.75) is 26.8 Å². The summed E-state index contributed by atoms with van der Waals surface area (Å²) in [6, 6.07) is 9.07. The van der Waals surface area contributed by atoms with Crippen LogP contribution in [0.5, 0.6) is 0 Å². The summed E-state index contributed by atoms with van der Waals surface area (Å²) in [5, 5.41) is 5.72. The van der Waals surface area contributed by atoms with E-state index in [-0.39, 0.29) is 6.04 Å². The van der Waals surface area contributed by atoms with Crippen molar-refractivity contribution in [1.29, 1.82) is 0 Å². The van der Waals surface area contributed by atoms with Crippen LogP contribution in [-0.4, -0.2) is 6.54 Å². The maximum Gasteiger partial charge on any atom is 0.0685 e. The number of aryl methyl sites for hydroxylation is 2. The minimum atomic E-state index is 0.282. The number of nitrogens with one attached hydrogen (secondary N) is 1. The summed E-state index contributed by atoms with van der Waals surface area (Å²) in [6.45, 7) is 7.44. The zero-order valence-electron chi connectivity index (χ0n) is 11.0. The molecule has 18 heavy (non-hydrogen) atoms. The third-order valence-corrected chi connectivity index (χ3v) is 5.00. The minimum Gasteiger partial charge on any atom is -0.306 e. The van der Waals surface area contributed by atoms with Crippen molar-refractivity contribution in [3.8, 4) is 0 Å². The van der Waals surface area contributed by atoms with Gasteiger partial charge in [-0.05, 0) is 58.9 Å². The first kappa shape index (κ1) is 13.8. The summed E-state index contributed by atoms with van der Waals surface area (Å²) in [5.41, 5.74) is 4.03. The standard InChI is InChI=1S/C15H18BrNS/c1-4-17-14(15-13(16)7-8-18-15)12-9-10(2)5-6-11(12)3/h5-9,14,17H,4H2,1-3H3. The van der Waals surface area contributed by atoms with Crippen LogP contribution in [0.3, 0.4) is 0 Å². The van der Waals surface area contributed by atoms with Gasteiger partial charge in [-0.3, -0.25) is 0 Å². The smallest absolute Gasteiger partial charge is 0.0685 e. The molecule has 0 aliphatic carbocycles. The van der Waals surface area contributed by atoms with E-state index in [1.807, 2.05) is 0 Å². The lowest BCUT2D eigenvalue weighted by molar-refractivity contribution is 0.634. The number of halogens is 1. The molecule has 0 radical (unpaired) electrons. The second-order valence-electron chi connectivity index (χ2n) is 4.48. The number of benzene rings is 1. The van der Waals surface area contributed by atoms with Gasteiger partial charge in [0.2, 0.25) is 0 Å². The Morgan fingerprint density at radius 3 is 2.67 bits per heavy atom. The van der Waals surface area contributed by atoms with E-state index in [0.717, 1.165) is 6.54 Å². The van der Waals surface area contributed by atoms with E-state index in [1.54, 1.807) is 11.3 Å². The second kappa shape index (κ2) is 6.00. The van der Waals surface area contributed by atoms with Gasteiger partial charge in [0.25, 0.3) is 0 Å². The lowest BCUT2D eigenvalue weighted by Gasteiger charge is -2.20. The molecule has 1 atom stereocenters. The number of thiophene rings is 1. The van der Waals surface area contributed by atoms with E-state index in [2.05, 4.69) is 71.7 Å². The van der Waals surface area contributed by atoms with Gasteiger partial charge in [0.1, 0.15) is 0 Å². The first-order valence-corrected chi connectivity index (χ1v) is 7.84. The lowest BCUT2D eigenvalue weighted by Crippen LogP contribution is -2.22. The SMILES string of the molecule is CCNC(c1cc(C)ccc1C)c1sccc1Br. The molecule has 0 saturated carbocycles. The molecular formula is C15H18BrNS. The maximum atomic E-state index is 3.65. The summed E-state index contributed by atoms with van der Waals surface area (Å²) in [7, 11) is 0. The molecule has 0 spiro atoms. The Kier molecular flexibility index (Phi) is 4.60. The third kappa shape index (κ3) is 2.85. The number of rotatable bonds is 4. The molecule has 2 aromatic rings. The van der Waals surface area contributed by atoms with Gasteiger partial charge in [-0.2, -0.15) is 0 Å². The highest BCUT2D eigenvalue weighted by Crippen LogP contribution is 2.34. The molecule has 0 bridgehead atoms. The highest BCUT2D eigenvalue weighted by atomic mass is 79.9. The first-order chi connectivity index (χ1) is 8.63. The normalized spacial score (nSPS) is 12.7. The van der Waals surface area contributed by atoms with Crippen LogP contribution in [-0.2, 0) is 0 Å². The first-order valence-electron chi connectivity index (χ1n) is 6.17. The molecule has 96 valence electrons. The van der Waals surface area contributed by atoms with Crippen molar-refractivity contribution in [2.24, 2.45) is 0 Å². The molecule has 0 aliphatic heterocycles. The maximum absolute atomic E-state index is 3.65. The molecule has 1 N–H and O–H groups in total. The van der Waals surface area contributed by atoms with Crippen molar-refractivity contribution in [2.75, 3.05) is 6.54 Å². The molecular weight excluding hydrogens is 306 g/mol. The Morgan fingerprint density at radius 1 is 1.28 bits per heavy atom. The molecule has 1 nitrogen and oxygen atoms in total. The van der Waals surface area contributed by atoms with Gasteiger partial charge < -0.3 is 5.32 Å². The molecule has 3 heteroatoms. The minimum absolute atomic E-state index is 0.282. The lowest BCUT2D eigenvalue weighted by atomic mass is 9.98. The zero-order chi connectivity index (χ0) is 13.1. The quantitative estimate of drug-likeness (QED) is 0.850. The highest BCUT2D eigenvalue weighted by Gasteiger charge is 2.18. The van der Waals surface area contributed by atoms with E-state index in [9.17, 15) is 0 Å². The van der Waals surface area contributed by atoms with Crippen LogP contribution in [0.15, 0.2) is 34.1 Å². The van der Waals surface area contributed by atoms with Crippen molar-refractivity contribution >= 4 is 27.3 Å². The Bertz CT molecular complexity index is 533. The monoisotopic (exact) mass is 323 g/mol. The largest absolute Gasteiger partial charge is 0.306 e. The van der Waals surface area contributed by atoms with Gasteiger partial charge in [-0.1, -0.05) is 30.7 Å². The summed E-state index contributed by atoms with van der Waals surface area (Å²) >= 11 is 5.45. The average Bonchev–Trinajstić information content (AvgIpc) is 2.76. The summed E-state index contributed by atoms with van der Waals surface area (Å²) in [5.74, 6) is 0. The molecule has 0 saturated heterocycles. The average molecular weight is 324 g/mol. The topological polar surface area (TPSA) is 12.0 Å². The van der Waals surface area contributed by atoms with Crippen LogP contribution in [0.1, 0.15) is 34.5 Å². The Hall–Kier alpha value is -0.640. The van der Waals surface area contributed by atoms with Crippen molar-refractivity contribution in [1.82, 2.24) is 5.32 Å². The summed E-state index contributed by atoms with van der Waals surface area (Å²) in [4.78, 5) is 1.35. The Labute approximate surface area is 121 Å². The fourth-order valence-corrected chi connectivity index (χ4v) is 3.82. The predicted molar refractivity (Wildman–Crippen MR) is 83.5 cm³/mol. The van der Waals surface area contributed by atoms with Crippen LogP contribution in [0.2, 0.25) is 0 Å². The van der Waals surface area contributed by atoms with Gasteiger partial charge in [0.05, 0.1) is 6.04 Å². The van der Waals surface area contributed by atoms with Gasteiger partial charge in [-0.15, -0.1) is 11.3 Å². The summed E-state index contributed by atoms with van der Waals surface area (Å²) < 4.78 is 1.19. The van der Waals surface area contributed by atoms with E-state index in [1.165, 1.54) is 26.0 Å². The van der Waals surface area contributed by atoms with Crippen LogP contribution in [0.25, 0.3) is 0 Å². The molecule has 1 aromatic carbocycles. The van der Waals surface area contributed by atoms with E-state index in [0.29, 0.717) is 0 Å². The second-order valence-corrected chi connectivity index (χ2v) is 6.29. The third-order valence-electron chi connectivity index (χ3n) is 3.06. The summed E-state index contributed by atoms with van der Waals surface area (Å²) in [6.07, 6.45) is 0. The fourth-order valence-electron chi connectivity index (χ4n) is 2.13. The van der Waals surface area contributed by atoms with Gasteiger partial charge >= 0.3 is 0 Å². The van der Waals surface area contributed by atoms with E-state index < -0.39 is 0 Å². The van der Waals surface area contributed by atoms with Crippen molar-refractivity contribution in [3.05, 3.63) is 55.7 Å². The van der Waals surface area contributed by atoms with Crippen molar-refractivity contribution < 1.29 is 0 Å². The van der Waals surface area contributed by atoms with Gasteiger partial charge in [0.15, 0.2) is 0 Å². The predicted octanol–water partition coefficient (Wildman–Crippen LogP) is 4.83. The fraction of sp³-hybridized carbons (Fsp3) is 0.333. The molecule has 0 amide bonds. The van der Waals surface area contributed by atoms with E-state index in [4.69, 9.17) is 0 Å². The van der Waals surface area contributed by atoms with Crippen molar-refractivity contribution in [3.63, 3.8) is 0 Å². The molecule has 1 aromatic heterocycles. The van der Waals surface area contributed by atoms with E-state index >= 15 is 0 Å². The van der Waals surface area contributed by atoms with Gasteiger partial charge in [-0.25, -0.2) is 0 Å². The number of hydrogen-bond acceptors (Lipinski definition) is 2. The molecule has 1 unspecified atom stereocenters. The Balaban J connectivity index is 2.48. The Morgan fingerprint density at radius 2 is 2.06 bits per heavy atom. The van der Waals surface area contributed by atoms with Crippen LogP contribution < -0.4 is 5.32 Å². The van der Waals surface area contributed by atoms with Crippen LogP contribution in [0.4, 0.5) is 0 Å². The van der Waals surface area contributed by atoms with Gasteiger partial charge in [0, 0.05) is 9.35 Å². The molecule has 1 heterocycles. The zero-order valence-corrected chi connectivity index (χ0v) is 13.4. The highest BCUT2D eigenvalue weighted by molar-refractivity contribution is 9.10. The molecule has 0 fully saturated rings. The van der Waals surface area contributed by atoms with Crippen LogP contribution >= 0.6 is 27.3 Å². The van der Waals surface area contributed by atoms with Crippen LogP contribution in [0, 0.1) is 13.8 Å². The molecule has 0 aliphatic rings. The number of hydrogen-bond donors (Lipinski definition) is 1.